The quantitative estimate of drug-likeness (QED) is 0.623. The number of rotatable bonds is 4. The van der Waals surface area contributed by atoms with Gasteiger partial charge in [0.1, 0.15) is 10.0 Å². The van der Waals surface area contributed by atoms with Crippen LogP contribution in [0, 0.1) is 0 Å². The van der Waals surface area contributed by atoms with Crippen LogP contribution in [0.2, 0.25) is 0 Å². The second-order valence-corrected chi connectivity index (χ2v) is 4.45. The predicted molar refractivity (Wildman–Crippen MR) is 38.4 cm³/mol. The average Bonchev–Trinajstić information content (AvgIpc) is 1.81. The fourth-order valence-corrected chi connectivity index (χ4v) is 1.29. The van der Waals surface area contributed by atoms with Crippen LogP contribution in [0.3, 0.4) is 0 Å². The van der Waals surface area contributed by atoms with Gasteiger partial charge in [-0.1, -0.05) is 0 Å². The first-order valence-corrected chi connectivity index (χ1v) is 4.57. The third-order valence-corrected chi connectivity index (χ3v) is 2.51. The molecule has 0 spiro atoms. The zero-order valence-corrected chi connectivity index (χ0v) is 13.6. The normalized spacial score (nSPS) is 13.6. The largest absolute Gasteiger partial charge is 1.00 e. The molecule has 0 unspecified atom stereocenters. The fourth-order valence-electron chi connectivity index (χ4n) is 0.586. The van der Waals surface area contributed by atoms with Gasteiger partial charge in [0.15, 0.2) is 0 Å². The van der Waals surface area contributed by atoms with Gasteiger partial charge >= 0.3 is 63.4 Å². The number of nitrogens with zero attached hydrogens (tertiary/aromatic N) is 1. The summed E-state index contributed by atoms with van der Waals surface area (Å²) < 4.78 is 72.5. The van der Waals surface area contributed by atoms with Gasteiger partial charge in [0.05, 0.1) is 6.42 Å². The molecule has 0 aromatic carbocycles. The molecule has 0 aliphatic carbocycles. The molecule has 0 radical (unpaired) electrons. The van der Waals surface area contributed by atoms with Crippen molar-refractivity contribution in [3.63, 3.8) is 0 Å². The predicted octanol–water partition coefficient (Wildman–Crippen LogP) is -1.04. The maximum Gasteiger partial charge on any atom is 1.00 e. The van der Waals surface area contributed by atoms with Gasteiger partial charge in [-0.05, 0) is 6.92 Å². The molecule has 3 nitrogen and oxygen atoms in total. The van der Waals surface area contributed by atoms with Crippen molar-refractivity contribution in [2.45, 2.75) is 24.5 Å². The van der Waals surface area contributed by atoms with Crippen molar-refractivity contribution in [2.24, 2.45) is 0 Å². The summed E-state index contributed by atoms with van der Waals surface area (Å²) in [5.41, 5.74) is 0. The van der Waals surface area contributed by atoms with Crippen molar-refractivity contribution in [1.82, 2.24) is 0 Å². The first-order valence-electron chi connectivity index (χ1n) is 3.13. The van der Waals surface area contributed by atoms with Crippen molar-refractivity contribution in [3.05, 3.63) is 4.72 Å². The number of halogens is 4. The molecule has 0 bridgehead atoms. The van der Waals surface area contributed by atoms with Gasteiger partial charge in [-0.15, -0.1) is 0 Å². The van der Waals surface area contributed by atoms with Crippen LogP contribution in [-0.2, 0) is 10.0 Å². The van der Waals surface area contributed by atoms with Crippen molar-refractivity contribution in [1.29, 1.82) is 0 Å². The van der Waals surface area contributed by atoms with E-state index in [4.69, 9.17) is 0 Å². The van der Waals surface area contributed by atoms with Gasteiger partial charge in [-0.3, -0.25) is 0 Å². The molecule has 0 aliphatic rings. The van der Waals surface area contributed by atoms with Crippen LogP contribution in [0.15, 0.2) is 0 Å². The molecular weight excluding hydrogens is 300 g/mol. The van der Waals surface area contributed by atoms with Gasteiger partial charge in [-0.25, -0.2) is 17.2 Å². The summed E-state index contributed by atoms with van der Waals surface area (Å²) >= 11 is 0. The minimum absolute atomic E-state index is 0. The molecule has 0 aliphatic heterocycles. The zero-order valence-electron chi connectivity index (χ0n) is 7.89. The van der Waals surface area contributed by atoms with Crippen LogP contribution in [-0.4, -0.2) is 26.6 Å². The summed E-state index contributed by atoms with van der Waals surface area (Å²) in [6, 6.07) is 0. The van der Waals surface area contributed by atoms with E-state index in [0.29, 0.717) is 7.05 Å². The Hall–Kier alpha value is 1.44. The van der Waals surface area contributed by atoms with E-state index in [-0.39, 0.29) is 65.1 Å². The summed E-state index contributed by atoms with van der Waals surface area (Å²) in [6.07, 6.45) is -2.06. The van der Waals surface area contributed by atoms with Gasteiger partial charge < -0.3 is 4.72 Å². The molecule has 0 saturated heterocycles. The number of sulfonamides is 1. The summed E-state index contributed by atoms with van der Waals surface area (Å²) in [5.74, 6) is -3.75. The van der Waals surface area contributed by atoms with Crippen molar-refractivity contribution in [3.8, 4) is 0 Å². The van der Waals surface area contributed by atoms with Crippen LogP contribution in [0.25, 0.3) is 4.72 Å². The maximum atomic E-state index is 12.5. The van der Waals surface area contributed by atoms with Crippen LogP contribution < -0.4 is 58.2 Å². The van der Waals surface area contributed by atoms with E-state index < -0.39 is 27.6 Å². The average molecular weight is 308 g/mol. The Labute approximate surface area is 128 Å². The van der Waals surface area contributed by atoms with Crippen molar-refractivity contribution in [2.75, 3.05) is 7.05 Å². The summed E-state index contributed by atoms with van der Waals surface area (Å²) in [5, 5.41) is -4.51. The first-order chi connectivity index (χ1) is 5.52. The minimum Gasteiger partial charge on any atom is -0.546 e. The Bertz CT molecular complexity index is 274. The molecule has 14 heavy (non-hydrogen) atoms. The van der Waals surface area contributed by atoms with E-state index in [0.717, 1.165) is 0 Å². The van der Waals surface area contributed by atoms with Crippen molar-refractivity contribution >= 4 is 10.0 Å². The third-order valence-electron chi connectivity index (χ3n) is 1.13. The molecule has 0 amide bonds. The van der Waals surface area contributed by atoms with Crippen molar-refractivity contribution < 1.29 is 84.2 Å². The molecule has 80 valence electrons. The van der Waals surface area contributed by atoms with Crippen LogP contribution in [0.1, 0.15) is 13.3 Å². The summed E-state index contributed by atoms with van der Waals surface area (Å²) in [6.45, 7) is 0.214. The minimum atomic E-state index is -5.12. The molecule has 9 heteroatoms. The Morgan fingerprint density at radius 2 is 1.57 bits per heavy atom. The molecule has 0 aromatic heterocycles. The molecule has 0 heterocycles. The van der Waals surface area contributed by atoms with E-state index in [2.05, 4.69) is 4.72 Å². The topological polar surface area (TPSA) is 48.2 Å². The summed E-state index contributed by atoms with van der Waals surface area (Å²) in [7, 11) is -4.51. The molecule has 0 aromatic rings. The smallest absolute Gasteiger partial charge is 0.546 e. The second-order valence-electron chi connectivity index (χ2n) is 2.54. The van der Waals surface area contributed by atoms with E-state index in [1.54, 1.807) is 0 Å². The van der Waals surface area contributed by atoms with Gasteiger partial charge in [0.25, 0.3) is 5.92 Å². The van der Waals surface area contributed by atoms with Crippen LogP contribution in [0.5, 0.6) is 0 Å². The molecule has 0 N–H and O–H groups in total. The Morgan fingerprint density at radius 3 is 1.79 bits per heavy atom. The standard InChI is InChI=1S/C5H8F4NO2S.Rb/c1-4(6,7)3-5(8,9)13(11,12)10-2;/h3H2,1-2H3;/q-1;+1. The molecule has 0 fully saturated rings. The Morgan fingerprint density at radius 1 is 1.21 bits per heavy atom. The molecular formula is C5H8F4NO2RbS. The van der Waals surface area contributed by atoms with E-state index in [9.17, 15) is 26.0 Å². The second kappa shape index (κ2) is 5.67. The number of hydrogen-bond donors (Lipinski definition) is 0. The number of alkyl halides is 4. The van der Waals surface area contributed by atoms with Crippen LogP contribution >= 0.6 is 0 Å². The maximum absolute atomic E-state index is 12.5. The van der Waals surface area contributed by atoms with E-state index in [1.165, 1.54) is 0 Å². The third kappa shape index (κ3) is 5.50. The van der Waals surface area contributed by atoms with Crippen LogP contribution in [0.4, 0.5) is 17.6 Å². The monoisotopic (exact) mass is 307 g/mol. The molecule has 0 atom stereocenters. The zero-order chi connectivity index (χ0) is 10.9. The summed E-state index contributed by atoms with van der Waals surface area (Å²) in [4.78, 5) is 0. The van der Waals surface area contributed by atoms with Gasteiger partial charge in [0, 0.05) is 0 Å². The van der Waals surface area contributed by atoms with Gasteiger partial charge in [0.2, 0.25) is 0 Å². The SMILES string of the molecule is C[N-]S(=O)(=O)C(F)(F)CC(C)(F)F.[Rb+]. The van der Waals surface area contributed by atoms with E-state index in [1.807, 2.05) is 0 Å². The molecule has 0 saturated carbocycles. The molecule has 0 rings (SSSR count). The Balaban J connectivity index is 0. The van der Waals surface area contributed by atoms with E-state index >= 15 is 0 Å². The fraction of sp³-hybridized carbons (Fsp3) is 1.00. The Kier molecular flexibility index (Phi) is 7.22. The number of hydrogen-bond acceptors (Lipinski definition) is 2. The van der Waals surface area contributed by atoms with Gasteiger partial charge in [-0.2, -0.15) is 15.8 Å². The first kappa shape index (κ1) is 17.8.